The quantitative estimate of drug-likeness (QED) is 0.826. The van der Waals surface area contributed by atoms with Crippen LogP contribution in [0.4, 0.5) is 4.79 Å². The van der Waals surface area contributed by atoms with Crippen LogP contribution >= 0.6 is 0 Å². The molecule has 18 heavy (non-hydrogen) atoms. The Morgan fingerprint density at radius 1 is 1.39 bits per heavy atom. The summed E-state index contributed by atoms with van der Waals surface area (Å²) in [5.41, 5.74) is 1.20. The van der Waals surface area contributed by atoms with Crippen molar-refractivity contribution in [3.05, 3.63) is 29.8 Å². The topological polar surface area (TPSA) is 38.8 Å². The van der Waals surface area contributed by atoms with Gasteiger partial charge in [0.2, 0.25) is 0 Å². The van der Waals surface area contributed by atoms with Crippen molar-refractivity contribution in [2.24, 2.45) is 0 Å². The molecule has 1 amide bonds. The molecule has 0 bridgehead atoms. The predicted octanol–water partition coefficient (Wildman–Crippen LogP) is 2.47. The molecule has 0 atom stereocenters. The van der Waals surface area contributed by atoms with Crippen LogP contribution in [0.1, 0.15) is 18.9 Å². The van der Waals surface area contributed by atoms with Crippen molar-refractivity contribution >= 4 is 6.09 Å². The number of hydrogen-bond acceptors (Lipinski definition) is 3. The lowest BCUT2D eigenvalue weighted by atomic mass is 10.1. The zero-order valence-electron chi connectivity index (χ0n) is 10.7. The molecule has 1 saturated heterocycles. The SMILES string of the molecule is CCCc1cccc(OC(=O)N2CCOCC2)c1. The van der Waals surface area contributed by atoms with Crippen LogP contribution in [0, 0.1) is 0 Å². The Morgan fingerprint density at radius 3 is 2.89 bits per heavy atom. The molecule has 1 aliphatic rings. The minimum absolute atomic E-state index is 0.285. The van der Waals surface area contributed by atoms with Crippen LogP contribution in [0.2, 0.25) is 0 Å². The van der Waals surface area contributed by atoms with Gasteiger partial charge >= 0.3 is 6.09 Å². The van der Waals surface area contributed by atoms with E-state index in [-0.39, 0.29) is 6.09 Å². The fraction of sp³-hybridized carbons (Fsp3) is 0.500. The number of carbonyl (C=O) groups excluding carboxylic acids is 1. The smallest absolute Gasteiger partial charge is 0.410 e. The first-order valence-corrected chi connectivity index (χ1v) is 6.43. The number of rotatable bonds is 3. The van der Waals surface area contributed by atoms with Crippen LogP contribution in [0.5, 0.6) is 5.75 Å². The van der Waals surface area contributed by atoms with E-state index in [0.717, 1.165) is 12.8 Å². The van der Waals surface area contributed by atoms with E-state index in [1.165, 1.54) is 5.56 Å². The van der Waals surface area contributed by atoms with Crippen LogP contribution < -0.4 is 4.74 Å². The molecular weight excluding hydrogens is 230 g/mol. The zero-order chi connectivity index (χ0) is 12.8. The maximum absolute atomic E-state index is 11.9. The number of carbonyl (C=O) groups is 1. The van der Waals surface area contributed by atoms with Crippen molar-refractivity contribution in [2.45, 2.75) is 19.8 Å². The van der Waals surface area contributed by atoms with Gasteiger partial charge in [-0.2, -0.15) is 0 Å². The summed E-state index contributed by atoms with van der Waals surface area (Å²) >= 11 is 0. The maximum Gasteiger partial charge on any atom is 0.415 e. The number of nitrogens with zero attached hydrogens (tertiary/aromatic N) is 1. The van der Waals surface area contributed by atoms with Gasteiger partial charge in [-0.25, -0.2) is 4.79 Å². The molecule has 1 fully saturated rings. The van der Waals surface area contributed by atoms with Gasteiger partial charge < -0.3 is 14.4 Å². The summed E-state index contributed by atoms with van der Waals surface area (Å²) in [4.78, 5) is 13.6. The zero-order valence-corrected chi connectivity index (χ0v) is 10.7. The first-order valence-electron chi connectivity index (χ1n) is 6.43. The second-order valence-electron chi connectivity index (χ2n) is 4.36. The van der Waals surface area contributed by atoms with Crippen molar-refractivity contribution in [3.8, 4) is 5.75 Å². The van der Waals surface area contributed by atoms with Crippen molar-refractivity contribution < 1.29 is 14.3 Å². The highest BCUT2D eigenvalue weighted by molar-refractivity contribution is 5.70. The highest BCUT2D eigenvalue weighted by Gasteiger charge is 2.18. The Kier molecular flexibility index (Phi) is 4.59. The van der Waals surface area contributed by atoms with Crippen LogP contribution in [-0.4, -0.2) is 37.3 Å². The fourth-order valence-electron chi connectivity index (χ4n) is 1.96. The van der Waals surface area contributed by atoms with Crippen molar-refractivity contribution in [3.63, 3.8) is 0 Å². The van der Waals surface area contributed by atoms with E-state index in [1.54, 1.807) is 4.90 Å². The monoisotopic (exact) mass is 249 g/mol. The fourth-order valence-corrected chi connectivity index (χ4v) is 1.96. The number of hydrogen-bond donors (Lipinski definition) is 0. The largest absolute Gasteiger partial charge is 0.415 e. The highest BCUT2D eigenvalue weighted by atomic mass is 16.6. The summed E-state index contributed by atoms with van der Waals surface area (Å²) in [6, 6.07) is 7.72. The normalized spacial score (nSPS) is 15.5. The molecule has 1 heterocycles. The molecule has 2 rings (SSSR count). The third-order valence-corrected chi connectivity index (χ3v) is 2.91. The molecular formula is C14H19NO3. The van der Waals surface area contributed by atoms with Gasteiger partial charge in [-0.3, -0.25) is 0 Å². The molecule has 4 nitrogen and oxygen atoms in total. The van der Waals surface area contributed by atoms with E-state index in [9.17, 15) is 4.79 Å². The Balaban J connectivity index is 1.95. The van der Waals surface area contributed by atoms with E-state index >= 15 is 0 Å². The van der Waals surface area contributed by atoms with Crippen LogP contribution in [0.25, 0.3) is 0 Å². The highest BCUT2D eigenvalue weighted by Crippen LogP contribution is 2.16. The van der Waals surface area contributed by atoms with Gasteiger partial charge in [-0.1, -0.05) is 25.5 Å². The molecule has 1 aromatic rings. The van der Waals surface area contributed by atoms with Gasteiger partial charge in [0.05, 0.1) is 13.2 Å². The Morgan fingerprint density at radius 2 is 2.17 bits per heavy atom. The lowest BCUT2D eigenvalue weighted by molar-refractivity contribution is 0.0416. The first kappa shape index (κ1) is 12.9. The summed E-state index contributed by atoms with van der Waals surface area (Å²) in [6.45, 7) is 4.52. The van der Waals surface area contributed by atoms with Gasteiger partial charge in [0.15, 0.2) is 0 Å². The van der Waals surface area contributed by atoms with E-state index in [2.05, 4.69) is 13.0 Å². The summed E-state index contributed by atoms with van der Waals surface area (Å²) in [7, 11) is 0. The van der Waals surface area contributed by atoms with E-state index < -0.39 is 0 Å². The van der Waals surface area contributed by atoms with Crippen LogP contribution in [-0.2, 0) is 11.2 Å². The molecule has 0 spiro atoms. The van der Waals surface area contributed by atoms with E-state index in [0.29, 0.717) is 32.1 Å². The van der Waals surface area contributed by atoms with Crippen molar-refractivity contribution in [1.29, 1.82) is 0 Å². The first-order chi connectivity index (χ1) is 8.79. The van der Waals surface area contributed by atoms with Crippen molar-refractivity contribution in [1.82, 2.24) is 4.90 Å². The number of benzene rings is 1. The van der Waals surface area contributed by atoms with Gasteiger partial charge in [-0.15, -0.1) is 0 Å². The number of amides is 1. The maximum atomic E-state index is 11.9. The molecule has 0 N–H and O–H groups in total. The minimum atomic E-state index is -0.285. The molecule has 4 heteroatoms. The molecule has 0 aliphatic carbocycles. The third-order valence-electron chi connectivity index (χ3n) is 2.91. The number of morpholine rings is 1. The second-order valence-corrected chi connectivity index (χ2v) is 4.36. The van der Waals surface area contributed by atoms with Gasteiger partial charge in [0.25, 0.3) is 0 Å². The van der Waals surface area contributed by atoms with E-state index in [4.69, 9.17) is 9.47 Å². The average molecular weight is 249 g/mol. The number of ether oxygens (including phenoxy) is 2. The minimum Gasteiger partial charge on any atom is -0.410 e. The summed E-state index contributed by atoms with van der Waals surface area (Å²) < 4.78 is 10.6. The summed E-state index contributed by atoms with van der Waals surface area (Å²) in [5.74, 6) is 0.623. The van der Waals surface area contributed by atoms with Gasteiger partial charge in [0, 0.05) is 13.1 Å². The Hall–Kier alpha value is -1.55. The molecule has 1 aromatic carbocycles. The van der Waals surface area contributed by atoms with Crippen molar-refractivity contribution in [2.75, 3.05) is 26.3 Å². The predicted molar refractivity (Wildman–Crippen MR) is 68.9 cm³/mol. The molecule has 1 aliphatic heterocycles. The lowest BCUT2D eigenvalue weighted by Gasteiger charge is -2.25. The average Bonchev–Trinajstić information content (AvgIpc) is 2.40. The van der Waals surface area contributed by atoms with Gasteiger partial charge in [-0.05, 0) is 24.1 Å². The Labute approximate surface area is 107 Å². The molecule has 0 saturated carbocycles. The summed E-state index contributed by atoms with van der Waals surface area (Å²) in [6.07, 6.45) is 1.80. The molecule has 0 radical (unpaired) electrons. The molecule has 0 aromatic heterocycles. The standard InChI is InChI=1S/C14H19NO3/c1-2-4-12-5-3-6-13(11-12)18-14(16)15-7-9-17-10-8-15/h3,5-6,11H,2,4,7-10H2,1H3. The second kappa shape index (κ2) is 6.40. The molecule has 0 unspecified atom stereocenters. The lowest BCUT2D eigenvalue weighted by Crippen LogP contribution is -2.42. The van der Waals surface area contributed by atoms with Crippen LogP contribution in [0.15, 0.2) is 24.3 Å². The van der Waals surface area contributed by atoms with E-state index in [1.807, 2.05) is 18.2 Å². The Bertz CT molecular complexity index is 400. The molecule has 98 valence electrons. The van der Waals surface area contributed by atoms with Gasteiger partial charge in [0.1, 0.15) is 5.75 Å². The third kappa shape index (κ3) is 3.47. The summed E-state index contributed by atoms with van der Waals surface area (Å²) in [5, 5.41) is 0. The number of aryl methyl sites for hydroxylation is 1. The van der Waals surface area contributed by atoms with Crippen LogP contribution in [0.3, 0.4) is 0 Å².